The molecule has 0 unspecified atom stereocenters. The molecule has 5 nitrogen and oxygen atoms in total. The van der Waals surface area contributed by atoms with Gasteiger partial charge < -0.3 is 15.0 Å². The Bertz CT molecular complexity index is 922. The van der Waals surface area contributed by atoms with Crippen LogP contribution in [0, 0.1) is 18.3 Å². The van der Waals surface area contributed by atoms with E-state index >= 15 is 0 Å². The quantitative estimate of drug-likeness (QED) is 0.615. The maximum absolute atomic E-state index is 12.5. The molecule has 3 rings (SSSR count). The summed E-state index contributed by atoms with van der Waals surface area (Å²) in [6.45, 7) is 4.03. The van der Waals surface area contributed by atoms with Crippen LogP contribution in [0.4, 0.5) is 11.4 Å². The second-order valence-electron chi connectivity index (χ2n) is 6.97. The van der Waals surface area contributed by atoms with Crippen molar-refractivity contribution >= 4 is 23.4 Å². The van der Waals surface area contributed by atoms with Crippen LogP contribution in [0.1, 0.15) is 30.4 Å². The summed E-state index contributed by atoms with van der Waals surface area (Å²) in [6.07, 6.45) is 5.24. The molecule has 1 amide bonds. The van der Waals surface area contributed by atoms with Crippen molar-refractivity contribution in [1.82, 2.24) is 0 Å². The third-order valence-electron chi connectivity index (χ3n) is 4.88. The number of aryl methyl sites for hydroxylation is 1. The van der Waals surface area contributed by atoms with E-state index in [1.54, 1.807) is 19.3 Å². The molecule has 5 heteroatoms. The lowest BCUT2D eigenvalue weighted by Gasteiger charge is -2.29. The van der Waals surface area contributed by atoms with Gasteiger partial charge in [0.25, 0.3) is 5.91 Å². The molecule has 1 aliphatic rings. The molecule has 0 aromatic heterocycles. The molecule has 144 valence electrons. The predicted octanol–water partition coefficient (Wildman–Crippen LogP) is 4.54. The first kappa shape index (κ1) is 19.5. The number of hydrogen-bond acceptors (Lipinski definition) is 4. The van der Waals surface area contributed by atoms with Crippen LogP contribution in [-0.4, -0.2) is 26.1 Å². The van der Waals surface area contributed by atoms with Crippen molar-refractivity contribution in [3.63, 3.8) is 0 Å². The molecule has 2 aromatic rings. The monoisotopic (exact) mass is 375 g/mol. The molecule has 28 heavy (non-hydrogen) atoms. The van der Waals surface area contributed by atoms with Gasteiger partial charge >= 0.3 is 0 Å². The van der Waals surface area contributed by atoms with Crippen molar-refractivity contribution in [2.75, 3.05) is 30.4 Å². The van der Waals surface area contributed by atoms with Crippen molar-refractivity contribution in [3.05, 3.63) is 59.2 Å². The minimum atomic E-state index is -0.435. The van der Waals surface area contributed by atoms with Gasteiger partial charge in [0, 0.05) is 36.1 Å². The SMILES string of the molecule is COc1cc(N2CCCCC2)ccc1/C=C(/C#N)C(=O)Nc1cccc(C)c1. The van der Waals surface area contributed by atoms with Gasteiger partial charge in [-0.1, -0.05) is 12.1 Å². The summed E-state index contributed by atoms with van der Waals surface area (Å²) < 4.78 is 5.52. The first-order valence-corrected chi connectivity index (χ1v) is 9.53. The second kappa shape index (κ2) is 9.09. The Balaban J connectivity index is 1.82. The van der Waals surface area contributed by atoms with Gasteiger partial charge in [0.1, 0.15) is 17.4 Å². The molecule has 0 bridgehead atoms. The number of benzene rings is 2. The number of methoxy groups -OCH3 is 1. The smallest absolute Gasteiger partial charge is 0.266 e. The van der Waals surface area contributed by atoms with E-state index in [-0.39, 0.29) is 5.57 Å². The number of nitrogens with one attached hydrogen (secondary N) is 1. The summed E-state index contributed by atoms with van der Waals surface area (Å²) in [4.78, 5) is 14.9. The van der Waals surface area contributed by atoms with Crippen molar-refractivity contribution in [1.29, 1.82) is 5.26 Å². The number of hydrogen-bond donors (Lipinski definition) is 1. The lowest BCUT2D eigenvalue weighted by atomic mass is 10.1. The zero-order valence-electron chi connectivity index (χ0n) is 16.4. The number of amides is 1. The topological polar surface area (TPSA) is 65.4 Å². The summed E-state index contributed by atoms with van der Waals surface area (Å²) in [5.41, 5.74) is 3.55. The average molecular weight is 375 g/mol. The minimum absolute atomic E-state index is 0.0329. The van der Waals surface area contributed by atoms with E-state index in [2.05, 4.69) is 10.2 Å². The molecular weight excluding hydrogens is 350 g/mol. The van der Waals surface area contributed by atoms with Crippen LogP contribution >= 0.6 is 0 Å². The third-order valence-corrected chi connectivity index (χ3v) is 4.88. The van der Waals surface area contributed by atoms with Crippen LogP contribution in [0.3, 0.4) is 0 Å². The fraction of sp³-hybridized carbons (Fsp3) is 0.304. The molecule has 1 fully saturated rings. The normalized spacial score (nSPS) is 14.3. The lowest BCUT2D eigenvalue weighted by Crippen LogP contribution is -2.29. The number of nitrogens with zero attached hydrogens (tertiary/aromatic N) is 2. The second-order valence-corrected chi connectivity index (χ2v) is 6.97. The summed E-state index contributed by atoms with van der Waals surface area (Å²) in [5, 5.41) is 12.3. The Morgan fingerprint density at radius 1 is 1.18 bits per heavy atom. The minimum Gasteiger partial charge on any atom is -0.496 e. The number of carbonyl (C=O) groups is 1. The van der Waals surface area contributed by atoms with Gasteiger partial charge in [0.15, 0.2) is 0 Å². The number of piperidine rings is 1. The first-order chi connectivity index (χ1) is 13.6. The van der Waals surface area contributed by atoms with Gasteiger partial charge in [0.2, 0.25) is 0 Å². The summed E-state index contributed by atoms with van der Waals surface area (Å²) >= 11 is 0. The Morgan fingerprint density at radius 3 is 2.64 bits per heavy atom. The van der Waals surface area contributed by atoms with Crippen LogP contribution in [0.25, 0.3) is 6.08 Å². The number of rotatable bonds is 5. The summed E-state index contributed by atoms with van der Waals surface area (Å²) in [6, 6.07) is 15.4. The molecule has 0 aliphatic carbocycles. The maximum Gasteiger partial charge on any atom is 0.266 e. The van der Waals surface area contributed by atoms with Crippen LogP contribution < -0.4 is 15.0 Å². The van der Waals surface area contributed by atoms with Gasteiger partial charge in [-0.05, 0) is 62.1 Å². The van der Waals surface area contributed by atoms with Crippen LogP contribution in [0.2, 0.25) is 0 Å². The van der Waals surface area contributed by atoms with E-state index in [0.717, 1.165) is 24.3 Å². The Hall–Kier alpha value is -3.26. The van der Waals surface area contributed by atoms with Gasteiger partial charge in [-0.2, -0.15) is 5.26 Å². The average Bonchev–Trinajstić information content (AvgIpc) is 2.72. The van der Waals surface area contributed by atoms with Gasteiger partial charge in [-0.15, -0.1) is 0 Å². The van der Waals surface area contributed by atoms with Gasteiger partial charge in [-0.25, -0.2) is 0 Å². The fourth-order valence-corrected chi connectivity index (χ4v) is 3.39. The molecule has 1 heterocycles. The summed E-state index contributed by atoms with van der Waals surface area (Å²) in [5.74, 6) is 0.217. The highest BCUT2D eigenvalue weighted by Gasteiger charge is 2.15. The largest absolute Gasteiger partial charge is 0.496 e. The molecule has 0 saturated carbocycles. The third kappa shape index (κ3) is 4.72. The molecule has 0 atom stereocenters. The standard InChI is InChI=1S/C23H25N3O2/c1-17-7-6-8-20(13-17)25-23(27)19(16-24)14-18-9-10-21(15-22(18)28-2)26-11-4-3-5-12-26/h6-10,13-15H,3-5,11-12H2,1-2H3,(H,25,27)/b19-14-. The molecule has 1 aliphatic heterocycles. The zero-order chi connectivity index (χ0) is 19.9. The lowest BCUT2D eigenvalue weighted by molar-refractivity contribution is -0.112. The van der Waals surface area contributed by atoms with E-state index in [4.69, 9.17) is 4.74 Å². The van der Waals surface area contributed by atoms with E-state index in [9.17, 15) is 10.1 Å². The van der Waals surface area contributed by atoms with Crippen molar-refractivity contribution < 1.29 is 9.53 Å². The molecule has 0 spiro atoms. The predicted molar refractivity (Wildman–Crippen MR) is 112 cm³/mol. The van der Waals surface area contributed by atoms with Crippen LogP contribution in [0.5, 0.6) is 5.75 Å². The molecule has 0 radical (unpaired) electrons. The fourth-order valence-electron chi connectivity index (χ4n) is 3.39. The molecule has 2 aromatic carbocycles. The van der Waals surface area contributed by atoms with Gasteiger partial charge in [0.05, 0.1) is 7.11 Å². The van der Waals surface area contributed by atoms with E-state index < -0.39 is 5.91 Å². The van der Waals surface area contributed by atoms with Gasteiger partial charge in [-0.3, -0.25) is 4.79 Å². The highest BCUT2D eigenvalue weighted by Crippen LogP contribution is 2.29. The Kier molecular flexibility index (Phi) is 6.33. The van der Waals surface area contributed by atoms with Crippen LogP contribution in [-0.2, 0) is 4.79 Å². The summed E-state index contributed by atoms with van der Waals surface area (Å²) in [7, 11) is 1.60. The number of carbonyl (C=O) groups excluding carboxylic acids is 1. The van der Waals surface area contributed by atoms with E-state index in [1.165, 1.54) is 19.3 Å². The highest BCUT2D eigenvalue weighted by atomic mass is 16.5. The van der Waals surface area contributed by atoms with Crippen molar-refractivity contribution in [2.24, 2.45) is 0 Å². The number of nitriles is 1. The van der Waals surface area contributed by atoms with Crippen LogP contribution in [0.15, 0.2) is 48.0 Å². The highest BCUT2D eigenvalue weighted by molar-refractivity contribution is 6.09. The van der Waals surface area contributed by atoms with Crippen molar-refractivity contribution in [3.8, 4) is 11.8 Å². The molecule has 1 saturated heterocycles. The van der Waals surface area contributed by atoms with E-state index in [1.807, 2.05) is 49.4 Å². The molecule has 1 N–H and O–H groups in total. The number of ether oxygens (including phenoxy) is 1. The van der Waals surface area contributed by atoms with E-state index in [0.29, 0.717) is 17.0 Å². The Labute approximate surface area is 166 Å². The first-order valence-electron chi connectivity index (χ1n) is 9.53. The maximum atomic E-state index is 12.5. The Morgan fingerprint density at radius 2 is 1.96 bits per heavy atom. The zero-order valence-corrected chi connectivity index (χ0v) is 16.4. The molecular formula is C23H25N3O2. The number of anilines is 2. The van der Waals surface area contributed by atoms with Crippen molar-refractivity contribution in [2.45, 2.75) is 26.2 Å².